The molecule has 0 saturated carbocycles. The molecule has 0 aliphatic heterocycles. The Bertz CT molecular complexity index is 284. The number of rotatable bonds is 2. The number of fused-ring (bicyclic) bond motifs is 1. The second-order valence-electron chi connectivity index (χ2n) is 3.01. The first-order valence-electron chi connectivity index (χ1n) is 4.26. The van der Waals surface area contributed by atoms with Crippen molar-refractivity contribution in [2.75, 3.05) is 7.05 Å². The van der Waals surface area contributed by atoms with Gasteiger partial charge in [-0.05, 0) is 26.3 Å². The molecule has 2 rings (SSSR count). The van der Waals surface area contributed by atoms with Crippen molar-refractivity contribution in [3.63, 3.8) is 0 Å². The molecule has 0 spiro atoms. The first-order chi connectivity index (χ1) is 5.90. The molecule has 1 aliphatic carbocycles. The minimum absolute atomic E-state index is 0.709. The summed E-state index contributed by atoms with van der Waals surface area (Å²) in [6.07, 6.45) is 3.30. The number of aromatic nitrogens is 3. The van der Waals surface area contributed by atoms with Crippen LogP contribution in [0.5, 0.6) is 0 Å². The molecule has 0 saturated heterocycles. The predicted molar refractivity (Wildman–Crippen MR) is 44.6 cm³/mol. The SMILES string of the molecule is CNCc1nnc2c(n1)CCC2. The molecular formula is C8H12N4. The van der Waals surface area contributed by atoms with Crippen LogP contribution < -0.4 is 5.32 Å². The summed E-state index contributed by atoms with van der Waals surface area (Å²) >= 11 is 0. The van der Waals surface area contributed by atoms with Crippen LogP contribution in [0.2, 0.25) is 0 Å². The average Bonchev–Trinajstić information content (AvgIpc) is 2.51. The number of nitrogens with one attached hydrogen (secondary N) is 1. The van der Waals surface area contributed by atoms with E-state index in [1.807, 2.05) is 7.05 Å². The van der Waals surface area contributed by atoms with Gasteiger partial charge in [-0.15, -0.1) is 5.10 Å². The van der Waals surface area contributed by atoms with Gasteiger partial charge in [-0.1, -0.05) is 0 Å². The van der Waals surface area contributed by atoms with Crippen LogP contribution in [0.4, 0.5) is 0 Å². The predicted octanol–water partition coefficient (Wildman–Crippen LogP) is 0.0797. The van der Waals surface area contributed by atoms with Crippen LogP contribution in [-0.4, -0.2) is 22.2 Å². The summed E-state index contributed by atoms with van der Waals surface area (Å²) in [6, 6.07) is 0. The van der Waals surface area contributed by atoms with E-state index in [1.165, 1.54) is 6.42 Å². The van der Waals surface area contributed by atoms with Crippen molar-refractivity contribution in [2.24, 2.45) is 0 Å². The van der Waals surface area contributed by atoms with Crippen LogP contribution in [-0.2, 0) is 19.4 Å². The van der Waals surface area contributed by atoms with Crippen molar-refractivity contribution in [3.8, 4) is 0 Å². The van der Waals surface area contributed by atoms with Gasteiger partial charge in [0.25, 0.3) is 0 Å². The van der Waals surface area contributed by atoms with Gasteiger partial charge >= 0.3 is 0 Å². The highest BCUT2D eigenvalue weighted by molar-refractivity contribution is 5.15. The molecule has 1 aromatic heterocycles. The van der Waals surface area contributed by atoms with Gasteiger partial charge in [0.15, 0.2) is 5.82 Å². The lowest BCUT2D eigenvalue weighted by atomic mass is 10.4. The van der Waals surface area contributed by atoms with Crippen LogP contribution in [0.3, 0.4) is 0 Å². The van der Waals surface area contributed by atoms with Crippen LogP contribution in [0.25, 0.3) is 0 Å². The molecule has 0 radical (unpaired) electrons. The Balaban J connectivity index is 2.26. The van der Waals surface area contributed by atoms with Crippen molar-refractivity contribution in [1.82, 2.24) is 20.5 Å². The lowest BCUT2D eigenvalue weighted by Crippen LogP contribution is -2.11. The maximum atomic E-state index is 4.41. The van der Waals surface area contributed by atoms with E-state index in [4.69, 9.17) is 0 Å². The third-order valence-electron chi connectivity index (χ3n) is 2.05. The second kappa shape index (κ2) is 3.15. The molecule has 4 heteroatoms. The van der Waals surface area contributed by atoms with Crippen molar-refractivity contribution in [2.45, 2.75) is 25.8 Å². The van der Waals surface area contributed by atoms with Gasteiger partial charge in [-0.2, -0.15) is 5.10 Å². The Morgan fingerprint density at radius 1 is 1.25 bits per heavy atom. The van der Waals surface area contributed by atoms with Gasteiger partial charge < -0.3 is 5.32 Å². The van der Waals surface area contributed by atoms with E-state index >= 15 is 0 Å². The highest BCUT2D eigenvalue weighted by Crippen LogP contribution is 2.15. The van der Waals surface area contributed by atoms with Crippen LogP contribution in [0.1, 0.15) is 23.6 Å². The maximum absolute atomic E-state index is 4.41. The lowest BCUT2D eigenvalue weighted by molar-refractivity contribution is 0.714. The zero-order valence-electron chi connectivity index (χ0n) is 7.17. The standard InChI is InChI=1S/C8H12N4/c1-9-5-8-10-6-3-2-4-7(6)11-12-8/h9H,2-5H2,1H3. The molecule has 1 heterocycles. The van der Waals surface area contributed by atoms with E-state index in [1.54, 1.807) is 0 Å². The van der Waals surface area contributed by atoms with E-state index < -0.39 is 0 Å². The lowest BCUT2D eigenvalue weighted by Gasteiger charge is -1.99. The van der Waals surface area contributed by atoms with E-state index in [0.29, 0.717) is 6.54 Å². The number of nitrogens with zero attached hydrogens (tertiary/aromatic N) is 3. The molecule has 64 valence electrons. The smallest absolute Gasteiger partial charge is 0.165 e. The number of aryl methyl sites for hydroxylation is 2. The summed E-state index contributed by atoms with van der Waals surface area (Å²) in [5.74, 6) is 0.804. The maximum Gasteiger partial charge on any atom is 0.165 e. The monoisotopic (exact) mass is 164 g/mol. The molecular weight excluding hydrogens is 152 g/mol. The van der Waals surface area contributed by atoms with E-state index in [0.717, 1.165) is 30.1 Å². The average molecular weight is 164 g/mol. The van der Waals surface area contributed by atoms with Gasteiger partial charge in [0.2, 0.25) is 0 Å². The normalized spacial score (nSPS) is 14.8. The van der Waals surface area contributed by atoms with Gasteiger partial charge in [-0.25, -0.2) is 4.98 Å². The third-order valence-corrected chi connectivity index (χ3v) is 2.05. The van der Waals surface area contributed by atoms with Crippen molar-refractivity contribution in [1.29, 1.82) is 0 Å². The zero-order valence-corrected chi connectivity index (χ0v) is 7.17. The highest BCUT2D eigenvalue weighted by atomic mass is 15.2. The summed E-state index contributed by atoms with van der Waals surface area (Å²) in [7, 11) is 1.89. The van der Waals surface area contributed by atoms with E-state index in [9.17, 15) is 0 Å². The summed E-state index contributed by atoms with van der Waals surface area (Å²) in [5, 5.41) is 11.2. The molecule has 1 aromatic rings. The largest absolute Gasteiger partial charge is 0.313 e. The van der Waals surface area contributed by atoms with Crippen molar-refractivity contribution >= 4 is 0 Å². The molecule has 0 bridgehead atoms. The van der Waals surface area contributed by atoms with Gasteiger partial charge in [0, 0.05) is 0 Å². The zero-order chi connectivity index (χ0) is 8.39. The number of hydrogen-bond acceptors (Lipinski definition) is 4. The topological polar surface area (TPSA) is 50.7 Å². The fourth-order valence-corrected chi connectivity index (χ4v) is 1.47. The Kier molecular flexibility index (Phi) is 1.99. The second-order valence-corrected chi connectivity index (χ2v) is 3.01. The molecule has 0 atom stereocenters. The summed E-state index contributed by atoms with van der Waals surface area (Å²) in [5.41, 5.74) is 2.24. The van der Waals surface area contributed by atoms with Gasteiger partial charge in [0.1, 0.15) is 0 Å². The molecule has 1 N–H and O–H groups in total. The van der Waals surface area contributed by atoms with E-state index in [2.05, 4.69) is 20.5 Å². The molecule has 0 unspecified atom stereocenters. The minimum atomic E-state index is 0.709. The van der Waals surface area contributed by atoms with Crippen LogP contribution in [0.15, 0.2) is 0 Å². The Morgan fingerprint density at radius 3 is 2.92 bits per heavy atom. The van der Waals surface area contributed by atoms with E-state index in [-0.39, 0.29) is 0 Å². The summed E-state index contributed by atoms with van der Waals surface area (Å²) in [6.45, 7) is 0.709. The summed E-state index contributed by atoms with van der Waals surface area (Å²) in [4.78, 5) is 4.41. The highest BCUT2D eigenvalue weighted by Gasteiger charge is 2.14. The molecule has 12 heavy (non-hydrogen) atoms. The fraction of sp³-hybridized carbons (Fsp3) is 0.625. The fourth-order valence-electron chi connectivity index (χ4n) is 1.47. The Morgan fingerprint density at radius 2 is 2.08 bits per heavy atom. The Labute approximate surface area is 71.4 Å². The van der Waals surface area contributed by atoms with Gasteiger partial charge in [0.05, 0.1) is 17.9 Å². The molecule has 1 aliphatic rings. The van der Waals surface area contributed by atoms with Crippen molar-refractivity contribution < 1.29 is 0 Å². The first kappa shape index (κ1) is 7.61. The quantitative estimate of drug-likeness (QED) is 0.672. The minimum Gasteiger partial charge on any atom is -0.313 e. The third kappa shape index (κ3) is 1.30. The van der Waals surface area contributed by atoms with Gasteiger partial charge in [-0.3, -0.25) is 0 Å². The molecule has 0 amide bonds. The molecule has 0 aromatic carbocycles. The Hall–Kier alpha value is -1.03. The molecule has 0 fully saturated rings. The van der Waals surface area contributed by atoms with Crippen LogP contribution in [0, 0.1) is 0 Å². The van der Waals surface area contributed by atoms with Crippen LogP contribution >= 0.6 is 0 Å². The first-order valence-corrected chi connectivity index (χ1v) is 4.26. The number of hydrogen-bond donors (Lipinski definition) is 1. The summed E-state index contributed by atoms with van der Waals surface area (Å²) < 4.78 is 0. The molecule has 4 nitrogen and oxygen atoms in total. The van der Waals surface area contributed by atoms with Crippen molar-refractivity contribution in [3.05, 3.63) is 17.2 Å².